The van der Waals surface area contributed by atoms with Gasteiger partial charge in [-0.15, -0.1) is 11.3 Å². The Kier molecular flexibility index (Phi) is 2.92. The molecule has 12 heavy (non-hydrogen) atoms. The Labute approximate surface area is 76.7 Å². The molecule has 0 saturated carbocycles. The van der Waals surface area contributed by atoms with E-state index in [1.165, 1.54) is 11.3 Å². The van der Waals surface area contributed by atoms with Gasteiger partial charge in [-0.05, 0) is 13.3 Å². The van der Waals surface area contributed by atoms with Crippen molar-refractivity contribution in [1.29, 1.82) is 0 Å². The summed E-state index contributed by atoms with van der Waals surface area (Å²) in [6, 6.07) is 0.468. The zero-order valence-corrected chi connectivity index (χ0v) is 8.43. The zero-order valence-electron chi connectivity index (χ0n) is 7.61. The van der Waals surface area contributed by atoms with Crippen molar-refractivity contribution < 1.29 is 5.11 Å². The minimum Gasteiger partial charge on any atom is -0.493 e. The van der Waals surface area contributed by atoms with Crippen LogP contribution in [0.1, 0.15) is 20.3 Å². The lowest BCUT2D eigenvalue weighted by Crippen LogP contribution is -2.27. The first kappa shape index (κ1) is 9.32. The maximum absolute atomic E-state index is 9.03. The van der Waals surface area contributed by atoms with Crippen LogP contribution in [0, 0.1) is 0 Å². The Morgan fingerprint density at radius 3 is 2.83 bits per heavy atom. The minimum atomic E-state index is 0.116. The summed E-state index contributed by atoms with van der Waals surface area (Å²) in [5.41, 5.74) is 0. The van der Waals surface area contributed by atoms with Crippen molar-refractivity contribution in [2.75, 3.05) is 11.9 Å². The molecule has 1 rings (SSSR count). The van der Waals surface area contributed by atoms with Crippen LogP contribution >= 0.6 is 11.3 Å². The second kappa shape index (κ2) is 3.76. The van der Waals surface area contributed by atoms with Gasteiger partial charge in [-0.1, -0.05) is 6.92 Å². The molecule has 1 aromatic rings. The third-order valence-corrected chi connectivity index (χ3v) is 2.95. The second-order valence-electron chi connectivity index (χ2n) is 2.86. The number of nitrogens with zero attached hydrogens (tertiary/aromatic N) is 2. The number of rotatable bonds is 3. The van der Waals surface area contributed by atoms with Gasteiger partial charge in [0.05, 0.1) is 5.38 Å². The van der Waals surface area contributed by atoms with E-state index in [1.54, 1.807) is 5.38 Å². The highest BCUT2D eigenvalue weighted by Gasteiger charge is 2.10. The third-order valence-electron chi connectivity index (χ3n) is 2.03. The first-order chi connectivity index (χ1) is 5.65. The van der Waals surface area contributed by atoms with Crippen molar-refractivity contribution in [3.8, 4) is 5.88 Å². The monoisotopic (exact) mass is 186 g/mol. The van der Waals surface area contributed by atoms with Crippen molar-refractivity contribution in [3.63, 3.8) is 0 Å². The normalized spacial score (nSPS) is 12.9. The molecule has 0 fully saturated rings. The predicted octanol–water partition coefficient (Wildman–Crippen LogP) is 2.08. The van der Waals surface area contributed by atoms with E-state index in [9.17, 15) is 0 Å². The lowest BCUT2D eigenvalue weighted by molar-refractivity contribution is 0.457. The van der Waals surface area contributed by atoms with Gasteiger partial charge in [0.15, 0.2) is 5.13 Å². The van der Waals surface area contributed by atoms with Crippen LogP contribution in [0.5, 0.6) is 5.88 Å². The molecule has 1 atom stereocenters. The largest absolute Gasteiger partial charge is 0.493 e. The molecule has 0 aliphatic rings. The summed E-state index contributed by atoms with van der Waals surface area (Å²) in [4.78, 5) is 6.05. The molecule has 0 radical (unpaired) electrons. The van der Waals surface area contributed by atoms with E-state index in [-0.39, 0.29) is 5.88 Å². The van der Waals surface area contributed by atoms with Crippen molar-refractivity contribution >= 4 is 16.5 Å². The predicted molar refractivity (Wildman–Crippen MR) is 51.9 cm³/mol. The number of anilines is 1. The molecule has 0 aromatic carbocycles. The first-order valence-electron chi connectivity index (χ1n) is 4.02. The molecule has 1 heterocycles. The second-order valence-corrected chi connectivity index (χ2v) is 3.69. The minimum absolute atomic E-state index is 0.116. The Hall–Kier alpha value is -0.770. The van der Waals surface area contributed by atoms with Gasteiger partial charge in [0.1, 0.15) is 0 Å². The fraction of sp³-hybridized carbons (Fsp3) is 0.625. The van der Waals surface area contributed by atoms with Crippen LogP contribution in [-0.4, -0.2) is 23.2 Å². The summed E-state index contributed by atoms with van der Waals surface area (Å²) in [5, 5.41) is 11.6. The molecule has 0 amide bonds. The van der Waals surface area contributed by atoms with E-state index in [4.69, 9.17) is 5.11 Å². The SMILES string of the molecule is CCC(C)N(C)c1nc(O)cs1. The molecule has 0 bridgehead atoms. The van der Waals surface area contributed by atoms with E-state index in [2.05, 4.69) is 23.7 Å². The summed E-state index contributed by atoms with van der Waals surface area (Å²) in [5.74, 6) is 0.116. The Bertz CT molecular complexity index is 249. The molecular formula is C8H14N2OS. The molecule has 0 aliphatic carbocycles. The van der Waals surface area contributed by atoms with Crippen molar-refractivity contribution in [3.05, 3.63) is 5.38 Å². The lowest BCUT2D eigenvalue weighted by Gasteiger charge is -2.22. The highest BCUT2D eigenvalue weighted by atomic mass is 32.1. The molecule has 1 unspecified atom stereocenters. The molecule has 0 saturated heterocycles. The van der Waals surface area contributed by atoms with Gasteiger partial charge in [0.2, 0.25) is 5.88 Å². The van der Waals surface area contributed by atoms with Crippen LogP contribution in [0.2, 0.25) is 0 Å². The van der Waals surface area contributed by atoms with Gasteiger partial charge < -0.3 is 10.0 Å². The molecule has 1 aromatic heterocycles. The molecule has 68 valence electrons. The van der Waals surface area contributed by atoms with Crippen LogP contribution in [0.3, 0.4) is 0 Å². The van der Waals surface area contributed by atoms with E-state index < -0.39 is 0 Å². The quantitative estimate of drug-likeness (QED) is 0.785. The maximum Gasteiger partial charge on any atom is 0.223 e. The highest BCUT2D eigenvalue weighted by molar-refractivity contribution is 7.13. The summed E-state index contributed by atoms with van der Waals surface area (Å²) < 4.78 is 0. The standard InChI is InChI=1S/C8H14N2OS/c1-4-6(2)10(3)8-9-7(11)5-12-8/h5-6,11H,4H2,1-3H3. The van der Waals surface area contributed by atoms with Crippen molar-refractivity contribution in [2.45, 2.75) is 26.3 Å². The zero-order chi connectivity index (χ0) is 9.14. The molecule has 0 aliphatic heterocycles. The van der Waals surface area contributed by atoms with Gasteiger partial charge in [-0.3, -0.25) is 0 Å². The van der Waals surface area contributed by atoms with Crippen molar-refractivity contribution in [2.24, 2.45) is 0 Å². The first-order valence-corrected chi connectivity index (χ1v) is 4.90. The third kappa shape index (κ3) is 1.88. The van der Waals surface area contributed by atoms with Crippen LogP contribution in [0.4, 0.5) is 5.13 Å². The number of aromatic nitrogens is 1. The summed E-state index contributed by atoms with van der Waals surface area (Å²) in [6.07, 6.45) is 1.08. The molecule has 0 spiro atoms. The molecule has 1 N–H and O–H groups in total. The Morgan fingerprint density at radius 1 is 1.75 bits per heavy atom. The average Bonchev–Trinajstić information content (AvgIpc) is 2.49. The smallest absolute Gasteiger partial charge is 0.223 e. The van der Waals surface area contributed by atoms with Crippen LogP contribution in [0.25, 0.3) is 0 Å². The van der Waals surface area contributed by atoms with Gasteiger partial charge in [0.25, 0.3) is 0 Å². The van der Waals surface area contributed by atoms with Crippen molar-refractivity contribution in [1.82, 2.24) is 4.98 Å². The van der Waals surface area contributed by atoms with E-state index in [1.807, 2.05) is 7.05 Å². The molecular weight excluding hydrogens is 172 g/mol. The fourth-order valence-corrected chi connectivity index (χ4v) is 1.64. The number of hydrogen-bond donors (Lipinski definition) is 1. The molecule has 3 nitrogen and oxygen atoms in total. The van der Waals surface area contributed by atoms with Crippen LogP contribution in [-0.2, 0) is 0 Å². The lowest BCUT2D eigenvalue weighted by atomic mass is 10.2. The van der Waals surface area contributed by atoms with E-state index in [0.29, 0.717) is 6.04 Å². The van der Waals surface area contributed by atoms with Gasteiger partial charge in [-0.25, -0.2) is 0 Å². The number of aromatic hydroxyl groups is 1. The average molecular weight is 186 g/mol. The summed E-state index contributed by atoms with van der Waals surface area (Å²) >= 11 is 1.47. The number of hydrogen-bond acceptors (Lipinski definition) is 4. The van der Waals surface area contributed by atoms with Crippen LogP contribution < -0.4 is 4.90 Å². The topological polar surface area (TPSA) is 36.4 Å². The fourth-order valence-electron chi connectivity index (χ4n) is 0.881. The summed E-state index contributed by atoms with van der Waals surface area (Å²) in [6.45, 7) is 4.27. The van der Waals surface area contributed by atoms with Gasteiger partial charge >= 0.3 is 0 Å². The number of thiazole rings is 1. The van der Waals surface area contributed by atoms with Crippen LogP contribution in [0.15, 0.2) is 5.38 Å². The molecule has 4 heteroatoms. The van der Waals surface area contributed by atoms with Gasteiger partial charge in [-0.2, -0.15) is 4.98 Å². The van der Waals surface area contributed by atoms with Gasteiger partial charge in [0, 0.05) is 13.1 Å². The van der Waals surface area contributed by atoms with E-state index >= 15 is 0 Å². The Morgan fingerprint density at radius 2 is 2.42 bits per heavy atom. The van der Waals surface area contributed by atoms with E-state index in [0.717, 1.165) is 11.6 Å². The Balaban J connectivity index is 2.70. The highest BCUT2D eigenvalue weighted by Crippen LogP contribution is 2.24. The maximum atomic E-state index is 9.03. The summed E-state index contributed by atoms with van der Waals surface area (Å²) in [7, 11) is 1.99.